The maximum absolute atomic E-state index is 11.3. The van der Waals surface area contributed by atoms with E-state index in [1.54, 1.807) is 0 Å². The lowest BCUT2D eigenvalue weighted by molar-refractivity contribution is -0.120. The minimum atomic E-state index is 0.156. The summed E-state index contributed by atoms with van der Waals surface area (Å²) in [5.41, 5.74) is 0.497. The first-order valence-electron chi connectivity index (χ1n) is 6.94. The van der Waals surface area contributed by atoms with Crippen LogP contribution in [0.25, 0.3) is 0 Å². The summed E-state index contributed by atoms with van der Waals surface area (Å²) in [4.78, 5) is 11.3. The first kappa shape index (κ1) is 14.5. The van der Waals surface area contributed by atoms with Gasteiger partial charge in [0.1, 0.15) is 0 Å². The number of hydrogen-bond donors (Lipinski definition) is 2. The third-order valence-corrected chi connectivity index (χ3v) is 3.83. The van der Waals surface area contributed by atoms with Crippen molar-refractivity contribution < 1.29 is 4.79 Å². The Hall–Kier alpha value is -0.570. The average molecular weight is 240 g/mol. The van der Waals surface area contributed by atoms with Gasteiger partial charge in [0.15, 0.2) is 0 Å². The zero-order valence-electron chi connectivity index (χ0n) is 11.8. The molecule has 0 radical (unpaired) electrons. The SMILES string of the molecule is CCNC(=O)CCNC1CCC(C)(C)CC1C. The smallest absolute Gasteiger partial charge is 0.221 e. The van der Waals surface area contributed by atoms with Crippen molar-refractivity contribution >= 4 is 5.91 Å². The van der Waals surface area contributed by atoms with Crippen LogP contribution in [0.1, 0.15) is 53.4 Å². The Morgan fingerprint density at radius 1 is 1.41 bits per heavy atom. The summed E-state index contributed by atoms with van der Waals surface area (Å²) in [6, 6.07) is 0.595. The van der Waals surface area contributed by atoms with Crippen molar-refractivity contribution in [2.45, 2.75) is 59.4 Å². The number of carbonyl (C=O) groups excluding carboxylic acids is 1. The highest BCUT2D eigenvalue weighted by Gasteiger charge is 2.31. The van der Waals surface area contributed by atoms with Gasteiger partial charge in [-0.25, -0.2) is 0 Å². The van der Waals surface area contributed by atoms with Gasteiger partial charge >= 0.3 is 0 Å². The zero-order chi connectivity index (χ0) is 12.9. The molecule has 0 bridgehead atoms. The molecule has 1 amide bonds. The molecule has 100 valence electrons. The van der Waals surface area contributed by atoms with Gasteiger partial charge in [-0.2, -0.15) is 0 Å². The van der Waals surface area contributed by atoms with Crippen LogP contribution in [-0.4, -0.2) is 25.0 Å². The summed E-state index contributed by atoms with van der Waals surface area (Å²) < 4.78 is 0. The Bertz CT molecular complexity index is 251. The zero-order valence-corrected chi connectivity index (χ0v) is 11.8. The van der Waals surface area contributed by atoms with E-state index in [0.29, 0.717) is 23.8 Å². The van der Waals surface area contributed by atoms with E-state index < -0.39 is 0 Å². The summed E-state index contributed by atoms with van der Waals surface area (Å²) in [5.74, 6) is 0.872. The van der Waals surface area contributed by atoms with Crippen molar-refractivity contribution in [2.24, 2.45) is 11.3 Å². The molecule has 1 fully saturated rings. The van der Waals surface area contributed by atoms with Gasteiger partial charge in [0.05, 0.1) is 0 Å². The van der Waals surface area contributed by atoms with E-state index >= 15 is 0 Å². The highest BCUT2D eigenvalue weighted by molar-refractivity contribution is 5.75. The molecular formula is C14H28N2O. The fraction of sp³-hybridized carbons (Fsp3) is 0.929. The Morgan fingerprint density at radius 3 is 2.71 bits per heavy atom. The normalized spacial score (nSPS) is 27.8. The van der Waals surface area contributed by atoms with E-state index in [0.717, 1.165) is 13.1 Å². The van der Waals surface area contributed by atoms with Gasteiger partial charge in [0.2, 0.25) is 5.91 Å². The monoisotopic (exact) mass is 240 g/mol. The molecule has 1 aliphatic carbocycles. The van der Waals surface area contributed by atoms with Gasteiger partial charge in [-0.1, -0.05) is 20.8 Å². The molecule has 0 aromatic rings. The molecule has 0 spiro atoms. The minimum absolute atomic E-state index is 0.156. The average Bonchev–Trinajstić information content (AvgIpc) is 2.21. The van der Waals surface area contributed by atoms with Crippen molar-refractivity contribution in [3.8, 4) is 0 Å². The molecule has 1 saturated carbocycles. The Morgan fingerprint density at radius 2 is 2.12 bits per heavy atom. The van der Waals surface area contributed by atoms with Crippen LogP contribution in [0.3, 0.4) is 0 Å². The van der Waals surface area contributed by atoms with E-state index in [-0.39, 0.29) is 5.91 Å². The third-order valence-electron chi connectivity index (χ3n) is 3.83. The van der Waals surface area contributed by atoms with Crippen molar-refractivity contribution in [3.05, 3.63) is 0 Å². The van der Waals surface area contributed by atoms with Gasteiger partial charge in [0.25, 0.3) is 0 Å². The highest BCUT2D eigenvalue weighted by atomic mass is 16.1. The highest BCUT2D eigenvalue weighted by Crippen LogP contribution is 2.38. The lowest BCUT2D eigenvalue weighted by Gasteiger charge is -2.39. The number of nitrogens with one attached hydrogen (secondary N) is 2. The largest absolute Gasteiger partial charge is 0.356 e. The standard InChI is InChI=1S/C14H28N2O/c1-5-15-13(17)7-9-16-12-6-8-14(3,4)10-11(12)2/h11-12,16H,5-10H2,1-4H3,(H,15,17). The predicted molar refractivity (Wildman–Crippen MR) is 71.9 cm³/mol. The van der Waals surface area contributed by atoms with Crippen LogP contribution in [0.4, 0.5) is 0 Å². The van der Waals surface area contributed by atoms with E-state index in [1.165, 1.54) is 19.3 Å². The molecule has 0 aromatic carbocycles. The van der Waals surface area contributed by atoms with Gasteiger partial charge in [-0.15, -0.1) is 0 Å². The second-order valence-corrected chi connectivity index (χ2v) is 6.15. The van der Waals surface area contributed by atoms with Crippen LogP contribution in [0.15, 0.2) is 0 Å². The van der Waals surface area contributed by atoms with Gasteiger partial charge in [0, 0.05) is 25.6 Å². The van der Waals surface area contributed by atoms with Crippen LogP contribution < -0.4 is 10.6 Å². The Kier molecular flexibility index (Phi) is 5.44. The molecule has 0 saturated heterocycles. The van der Waals surface area contributed by atoms with Gasteiger partial charge in [-0.05, 0) is 37.5 Å². The van der Waals surface area contributed by atoms with Crippen molar-refractivity contribution in [3.63, 3.8) is 0 Å². The lowest BCUT2D eigenvalue weighted by atomic mass is 9.70. The Labute approximate surface area is 106 Å². The maximum Gasteiger partial charge on any atom is 0.221 e. The summed E-state index contributed by atoms with van der Waals surface area (Å²) in [5, 5.41) is 6.37. The third kappa shape index (κ3) is 5.07. The van der Waals surface area contributed by atoms with Gasteiger partial charge in [-0.3, -0.25) is 4.79 Å². The van der Waals surface area contributed by atoms with Crippen LogP contribution in [0.2, 0.25) is 0 Å². The summed E-state index contributed by atoms with van der Waals surface area (Å²) in [6.45, 7) is 10.5. The van der Waals surface area contributed by atoms with E-state index in [1.807, 2.05) is 6.92 Å². The molecule has 0 heterocycles. The van der Waals surface area contributed by atoms with Crippen LogP contribution >= 0.6 is 0 Å². The van der Waals surface area contributed by atoms with E-state index in [9.17, 15) is 4.79 Å². The first-order valence-corrected chi connectivity index (χ1v) is 6.94. The van der Waals surface area contributed by atoms with E-state index in [4.69, 9.17) is 0 Å². The van der Waals surface area contributed by atoms with Crippen LogP contribution in [0.5, 0.6) is 0 Å². The number of carbonyl (C=O) groups is 1. The molecular weight excluding hydrogens is 212 g/mol. The molecule has 3 nitrogen and oxygen atoms in total. The summed E-state index contributed by atoms with van der Waals surface area (Å²) in [6.07, 6.45) is 4.41. The maximum atomic E-state index is 11.3. The van der Waals surface area contributed by atoms with E-state index in [2.05, 4.69) is 31.4 Å². The lowest BCUT2D eigenvalue weighted by Crippen LogP contribution is -2.42. The molecule has 2 atom stereocenters. The molecule has 1 rings (SSSR count). The molecule has 2 N–H and O–H groups in total. The second-order valence-electron chi connectivity index (χ2n) is 6.15. The summed E-state index contributed by atoms with van der Waals surface area (Å²) >= 11 is 0. The molecule has 2 unspecified atom stereocenters. The second kappa shape index (κ2) is 6.39. The molecule has 17 heavy (non-hydrogen) atoms. The molecule has 0 aliphatic heterocycles. The quantitative estimate of drug-likeness (QED) is 0.774. The molecule has 0 aromatic heterocycles. The number of rotatable bonds is 5. The minimum Gasteiger partial charge on any atom is -0.356 e. The van der Waals surface area contributed by atoms with Crippen molar-refractivity contribution in [1.29, 1.82) is 0 Å². The first-order chi connectivity index (χ1) is 7.94. The van der Waals surface area contributed by atoms with Gasteiger partial charge < -0.3 is 10.6 Å². The molecule has 1 aliphatic rings. The number of hydrogen-bond acceptors (Lipinski definition) is 2. The van der Waals surface area contributed by atoms with Crippen LogP contribution in [0, 0.1) is 11.3 Å². The van der Waals surface area contributed by atoms with Crippen LogP contribution in [-0.2, 0) is 4.79 Å². The summed E-state index contributed by atoms with van der Waals surface area (Å²) in [7, 11) is 0. The van der Waals surface area contributed by atoms with Crippen molar-refractivity contribution in [2.75, 3.05) is 13.1 Å². The number of amides is 1. The molecule has 3 heteroatoms. The Balaban J connectivity index is 2.22. The topological polar surface area (TPSA) is 41.1 Å². The fourth-order valence-corrected chi connectivity index (χ4v) is 2.91. The van der Waals surface area contributed by atoms with Crippen molar-refractivity contribution in [1.82, 2.24) is 10.6 Å². The fourth-order valence-electron chi connectivity index (χ4n) is 2.91. The predicted octanol–water partition coefficient (Wildman–Crippen LogP) is 2.32.